The number of benzene rings is 2. The lowest BCUT2D eigenvalue weighted by Crippen LogP contribution is -2.31. The van der Waals surface area contributed by atoms with Gasteiger partial charge in [-0.15, -0.1) is 0 Å². The van der Waals surface area contributed by atoms with Crippen molar-refractivity contribution in [3.8, 4) is 5.75 Å². The van der Waals surface area contributed by atoms with Crippen LogP contribution in [0.15, 0.2) is 54.1 Å². The summed E-state index contributed by atoms with van der Waals surface area (Å²) in [7, 11) is 0. The fraction of sp³-hybridized carbons (Fsp3) is 0.190. The average molecular weight is 380 g/mol. The van der Waals surface area contributed by atoms with Crippen LogP contribution < -0.4 is 15.4 Å². The topological polar surface area (TPSA) is 93.7 Å². The van der Waals surface area contributed by atoms with Crippen molar-refractivity contribution in [3.63, 3.8) is 0 Å². The molecule has 0 fully saturated rings. The lowest BCUT2D eigenvalue weighted by molar-refractivity contribution is -0.149. The highest BCUT2D eigenvalue weighted by molar-refractivity contribution is 5.99. The molecule has 0 saturated carbocycles. The molecule has 7 heteroatoms. The fourth-order valence-electron chi connectivity index (χ4n) is 2.61. The molecule has 0 aromatic heterocycles. The Hall–Kier alpha value is -3.61. The molecule has 0 bridgehead atoms. The zero-order valence-corrected chi connectivity index (χ0v) is 15.5. The molecular formula is C21H20N2O5. The Morgan fingerprint density at radius 3 is 2.32 bits per heavy atom. The minimum absolute atomic E-state index is 0.0921. The van der Waals surface area contributed by atoms with Crippen molar-refractivity contribution in [2.45, 2.75) is 20.0 Å². The van der Waals surface area contributed by atoms with E-state index in [2.05, 4.69) is 10.6 Å². The number of esters is 1. The van der Waals surface area contributed by atoms with Crippen molar-refractivity contribution in [2.24, 2.45) is 0 Å². The summed E-state index contributed by atoms with van der Waals surface area (Å²) >= 11 is 0. The molecule has 7 nitrogen and oxygen atoms in total. The smallest absolute Gasteiger partial charge is 0.338 e. The van der Waals surface area contributed by atoms with Gasteiger partial charge in [0.25, 0.3) is 5.91 Å². The second kappa shape index (κ2) is 8.39. The van der Waals surface area contributed by atoms with Gasteiger partial charge in [-0.3, -0.25) is 9.59 Å². The average Bonchev–Trinajstić information content (AvgIpc) is 2.68. The van der Waals surface area contributed by atoms with Gasteiger partial charge in [-0.05, 0) is 43.3 Å². The van der Waals surface area contributed by atoms with E-state index in [0.717, 1.165) is 5.56 Å². The Kier molecular flexibility index (Phi) is 5.74. The Balaban J connectivity index is 1.57. The van der Waals surface area contributed by atoms with Crippen molar-refractivity contribution in [1.82, 2.24) is 0 Å². The van der Waals surface area contributed by atoms with Crippen molar-refractivity contribution >= 4 is 35.2 Å². The van der Waals surface area contributed by atoms with Crippen LogP contribution in [0.2, 0.25) is 0 Å². The fourth-order valence-corrected chi connectivity index (χ4v) is 2.61. The maximum atomic E-state index is 12.3. The number of anilines is 2. The molecule has 1 heterocycles. The molecule has 0 unspecified atom stereocenters. The molecule has 1 aliphatic rings. The Bertz CT molecular complexity index is 934. The van der Waals surface area contributed by atoms with E-state index in [1.54, 1.807) is 30.3 Å². The molecule has 1 atom stereocenters. The molecule has 0 spiro atoms. The number of fused-ring (bicyclic) bond motifs is 1. The first-order valence-corrected chi connectivity index (χ1v) is 8.74. The van der Waals surface area contributed by atoms with Gasteiger partial charge in [0.05, 0.1) is 5.57 Å². The van der Waals surface area contributed by atoms with Crippen LogP contribution in [-0.4, -0.2) is 30.5 Å². The number of hydrogen-bond donors (Lipinski definition) is 2. The molecule has 0 aliphatic carbocycles. The molecule has 0 radical (unpaired) electrons. The van der Waals surface area contributed by atoms with E-state index >= 15 is 0 Å². The van der Waals surface area contributed by atoms with Crippen LogP contribution in [0.4, 0.5) is 11.4 Å². The minimum Gasteiger partial charge on any atom is -0.488 e. The van der Waals surface area contributed by atoms with E-state index in [1.165, 1.54) is 13.8 Å². The van der Waals surface area contributed by atoms with E-state index in [0.29, 0.717) is 22.7 Å². The van der Waals surface area contributed by atoms with Gasteiger partial charge in [0.1, 0.15) is 12.4 Å². The summed E-state index contributed by atoms with van der Waals surface area (Å²) < 4.78 is 10.8. The number of amides is 2. The summed E-state index contributed by atoms with van der Waals surface area (Å²) in [5.41, 5.74) is 2.28. The Morgan fingerprint density at radius 2 is 1.64 bits per heavy atom. The van der Waals surface area contributed by atoms with Gasteiger partial charge < -0.3 is 20.1 Å². The number of carbonyl (C=O) groups is 3. The number of ether oxygens (including phenoxy) is 2. The molecule has 2 N–H and O–H groups in total. The van der Waals surface area contributed by atoms with Gasteiger partial charge >= 0.3 is 5.97 Å². The number of para-hydroxylation sites is 1. The first kappa shape index (κ1) is 19.2. The zero-order valence-electron chi connectivity index (χ0n) is 15.5. The van der Waals surface area contributed by atoms with Gasteiger partial charge in [0, 0.05) is 23.9 Å². The normalized spacial score (nSPS) is 13.3. The largest absolute Gasteiger partial charge is 0.488 e. The predicted molar refractivity (Wildman–Crippen MR) is 105 cm³/mol. The standard InChI is InChI=1S/C21H20N2O5/c1-13(20(25)23-18-9-7-17(8-10-18)22-14(2)24)28-21(26)16-11-15-5-3-4-6-19(15)27-12-16/h3-11,13H,12H2,1-2H3,(H,22,24)(H,23,25)/t13-/m0/s1. The second-order valence-corrected chi connectivity index (χ2v) is 6.29. The maximum Gasteiger partial charge on any atom is 0.338 e. The van der Waals surface area contributed by atoms with Crippen LogP contribution in [0.25, 0.3) is 6.08 Å². The van der Waals surface area contributed by atoms with Crippen LogP contribution in [0, 0.1) is 0 Å². The van der Waals surface area contributed by atoms with Crippen molar-refractivity contribution < 1.29 is 23.9 Å². The van der Waals surface area contributed by atoms with Gasteiger partial charge in [-0.1, -0.05) is 18.2 Å². The summed E-state index contributed by atoms with van der Waals surface area (Å²) in [6.07, 6.45) is 0.715. The number of rotatable bonds is 5. The predicted octanol–water partition coefficient (Wildman–Crippen LogP) is 2.99. The number of nitrogens with one attached hydrogen (secondary N) is 2. The van der Waals surface area contributed by atoms with E-state index in [-0.39, 0.29) is 12.5 Å². The van der Waals surface area contributed by atoms with Crippen LogP contribution in [0.5, 0.6) is 5.75 Å². The quantitative estimate of drug-likeness (QED) is 0.778. The molecule has 2 aromatic rings. The van der Waals surface area contributed by atoms with Crippen LogP contribution in [0.1, 0.15) is 19.4 Å². The van der Waals surface area contributed by atoms with E-state index in [4.69, 9.17) is 9.47 Å². The Morgan fingerprint density at radius 1 is 1.00 bits per heavy atom. The van der Waals surface area contributed by atoms with Crippen LogP contribution in [0.3, 0.4) is 0 Å². The molecule has 2 aromatic carbocycles. The minimum atomic E-state index is -0.986. The van der Waals surface area contributed by atoms with Crippen molar-refractivity contribution in [1.29, 1.82) is 0 Å². The van der Waals surface area contributed by atoms with Crippen LogP contribution in [-0.2, 0) is 19.1 Å². The summed E-state index contributed by atoms with van der Waals surface area (Å²) in [6, 6.07) is 14.0. The molecule has 144 valence electrons. The van der Waals surface area contributed by atoms with Gasteiger partial charge in [-0.2, -0.15) is 0 Å². The summed E-state index contributed by atoms with van der Waals surface area (Å²) in [6.45, 7) is 3.00. The lowest BCUT2D eigenvalue weighted by Gasteiger charge is -2.19. The third-order valence-electron chi connectivity index (χ3n) is 4.02. The molecule has 3 rings (SSSR count). The SMILES string of the molecule is CC(=O)Nc1ccc(NC(=O)[C@H](C)OC(=O)C2=Cc3ccccc3OC2)cc1. The highest BCUT2D eigenvalue weighted by Crippen LogP contribution is 2.26. The summed E-state index contributed by atoms with van der Waals surface area (Å²) in [5, 5.41) is 5.31. The van der Waals surface area contributed by atoms with E-state index in [9.17, 15) is 14.4 Å². The zero-order chi connectivity index (χ0) is 20.1. The molecule has 2 amide bonds. The molecular weight excluding hydrogens is 360 g/mol. The highest BCUT2D eigenvalue weighted by atomic mass is 16.6. The van der Waals surface area contributed by atoms with Gasteiger partial charge in [0.15, 0.2) is 6.10 Å². The van der Waals surface area contributed by atoms with Gasteiger partial charge in [-0.25, -0.2) is 4.79 Å². The number of carbonyl (C=O) groups excluding carboxylic acids is 3. The van der Waals surface area contributed by atoms with Crippen molar-refractivity contribution in [3.05, 3.63) is 59.7 Å². The highest BCUT2D eigenvalue weighted by Gasteiger charge is 2.23. The first-order valence-electron chi connectivity index (χ1n) is 8.74. The third kappa shape index (κ3) is 4.76. The molecule has 28 heavy (non-hydrogen) atoms. The first-order chi connectivity index (χ1) is 13.4. The summed E-state index contributed by atoms with van der Waals surface area (Å²) in [4.78, 5) is 35.6. The van der Waals surface area contributed by atoms with Gasteiger partial charge in [0.2, 0.25) is 5.91 Å². The Labute approximate surface area is 162 Å². The molecule has 0 saturated heterocycles. The van der Waals surface area contributed by atoms with Crippen molar-refractivity contribution in [2.75, 3.05) is 17.2 Å². The maximum absolute atomic E-state index is 12.3. The summed E-state index contributed by atoms with van der Waals surface area (Å²) in [5.74, 6) is -0.537. The van der Waals surface area contributed by atoms with Crippen LogP contribution >= 0.6 is 0 Å². The molecule has 1 aliphatic heterocycles. The van der Waals surface area contributed by atoms with E-state index in [1.807, 2.05) is 24.3 Å². The monoisotopic (exact) mass is 380 g/mol. The second-order valence-electron chi connectivity index (χ2n) is 6.29. The van der Waals surface area contributed by atoms with E-state index < -0.39 is 18.0 Å². The lowest BCUT2D eigenvalue weighted by atomic mass is 10.1. The number of hydrogen-bond acceptors (Lipinski definition) is 5. The third-order valence-corrected chi connectivity index (χ3v) is 4.02.